The van der Waals surface area contributed by atoms with Gasteiger partial charge in [0.15, 0.2) is 5.76 Å². The lowest BCUT2D eigenvalue weighted by Gasteiger charge is -2.22. The SMILES string of the molecule is CC(=O)Nc1ccc(S(=O)(=O)N2CCCC2c2cc(C)no2)cc1. The van der Waals surface area contributed by atoms with Crippen LogP contribution in [0.2, 0.25) is 0 Å². The third-order valence-electron chi connectivity index (χ3n) is 3.96. The van der Waals surface area contributed by atoms with Crippen LogP contribution < -0.4 is 5.32 Å². The molecule has 1 fully saturated rings. The highest BCUT2D eigenvalue weighted by Crippen LogP contribution is 2.36. The topological polar surface area (TPSA) is 92.5 Å². The number of rotatable bonds is 4. The molecule has 1 amide bonds. The Kier molecular flexibility index (Phi) is 4.42. The molecule has 24 heavy (non-hydrogen) atoms. The molecule has 7 nitrogen and oxygen atoms in total. The number of sulfonamides is 1. The molecule has 2 aromatic rings. The van der Waals surface area contributed by atoms with Gasteiger partial charge in [-0.15, -0.1) is 0 Å². The summed E-state index contributed by atoms with van der Waals surface area (Å²) in [5, 5.41) is 6.47. The van der Waals surface area contributed by atoms with Gasteiger partial charge in [0.25, 0.3) is 0 Å². The fraction of sp³-hybridized carbons (Fsp3) is 0.375. The molecular weight excluding hydrogens is 330 g/mol. The van der Waals surface area contributed by atoms with E-state index in [9.17, 15) is 13.2 Å². The molecule has 1 atom stereocenters. The monoisotopic (exact) mass is 349 g/mol. The average Bonchev–Trinajstić information content (AvgIpc) is 3.15. The van der Waals surface area contributed by atoms with E-state index in [0.29, 0.717) is 24.4 Å². The minimum Gasteiger partial charge on any atom is -0.359 e. The average molecular weight is 349 g/mol. The maximum atomic E-state index is 12.9. The van der Waals surface area contributed by atoms with Crippen LogP contribution in [0.3, 0.4) is 0 Å². The van der Waals surface area contributed by atoms with E-state index in [4.69, 9.17) is 4.52 Å². The Balaban J connectivity index is 1.87. The van der Waals surface area contributed by atoms with Crippen molar-refractivity contribution in [2.75, 3.05) is 11.9 Å². The molecule has 1 aliphatic heterocycles. The maximum absolute atomic E-state index is 12.9. The molecule has 2 heterocycles. The highest BCUT2D eigenvalue weighted by Gasteiger charge is 2.38. The Morgan fingerprint density at radius 2 is 2.04 bits per heavy atom. The number of hydrogen-bond donors (Lipinski definition) is 1. The Bertz CT molecular complexity index is 842. The zero-order chi connectivity index (χ0) is 17.3. The summed E-state index contributed by atoms with van der Waals surface area (Å²) in [5.74, 6) is 0.370. The fourth-order valence-electron chi connectivity index (χ4n) is 2.90. The number of carbonyl (C=O) groups is 1. The van der Waals surface area contributed by atoms with Gasteiger partial charge < -0.3 is 9.84 Å². The lowest BCUT2D eigenvalue weighted by molar-refractivity contribution is -0.114. The number of nitrogens with one attached hydrogen (secondary N) is 1. The largest absolute Gasteiger partial charge is 0.359 e. The maximum Gasteiger partial charge on any atom is 0.243 e. The standard InChI is InChI=1S/C16H19N3O4S/c1-11-10-16(23-18-11)15-4-3-9-19(15)24(21,22)14-7-5-13(6-8-14)17-12(2)20/h5-8,10,15H,3-4,9H2,1-2H3,(H,17,20). The molecule has 0 aliphatic carbocycles. The van der Waals surface area contributed by atoms with Crippen molar-refractivity contribution < 1.29 is 17.7 Å². The number of anilines is 1. The third kappa shape index (κ3) is 3.20. The normalized spacial score (nSPS) is 18.7. The van der Waals surface area contributed by atoms with Crippen LogP contribution in [0.5, 0.6) is 0 Å². The molecule has 3 rings (SSSR count). The Labute approximate surface area is 140 Å². The summed E-state index contributed by atoms with van der Waals surface area (Å²) in [7, 11) is -3.64. The molecule has 1 aromatic carbocycles. The van der Waals surface area contributed by atoms with Crippen LogP contribution in [-0.4, -0.2) is 30.3 Å². The van der Waals surface area contributed by atoms with Crippen molar-refractivity contribution in [3.05, 3.63) is 41.8 Å². The number of hydrogen-bond acceptors (Lipinski definition) is 5. The van der Waals surface area contributed by atoms with E-state index in [1.54, 1.807) is 18.2 Å². The van der Waals surface area contributed by atoms with Crippen molar-refractivity contribution in [1.82, 2.24) is 9.46 Å². The summed E-state index contributed by atoms with van der Waals surface area (Å²) in [4.78, 5) is 11.2. The zero-order valence-corrected chi connectivity index (χ0v) is 14.3. The van der Waals surface area contributed by atoms with Crippen LogP contribution in [0.25, 0.3) is 0 Å². The van der Waals surface area contributed by atoms with Gasteiger partial charge in [0, 0.05) is 25.2 Å². The van der Waals surface area contributed by atoms with Crippen molar-refractivity contribution in [3.8, 4) is 0 Å². The van der Waals surface area contributed by atoms with Gasteiger partial charge in [-0.25, -0.2) is 8.42 Å². The van der Waals surface area contributed by atoms with Crippen molar-refractivity contribution in [3.63, 3.8) is 0 Å². The summed E-state index contributed by atoms with van der Waals surface area (Å²) >= 11 is 0. The van der Waals surface area contributed by atoms with Gasteiger partial charge in [0.2, 0.25) is 15.9 Å². The van der Waals surface area contributed by atoms with Crippen LogP contribution in [-0.2, 0) is 14.8 Å². The van der Waals surface area contributed by atoms with Gasteiger partial charge in [-0.3, -0.25) is 4.79 Å². The minimum atomic E-state index is -3.64. The summed E-state index contributed by atoms with van der Waals surface area (Å²) in [6.45, 7) is 3.65. The number of carbonyl (C=O) groups excluding carboxylic acids is 1. The first-order chi connectivity index (χ1) is 11.4. The Hall–Kier alpha value is -2.19. The molecule has 128 valence electrons. The van der Waals surface area contributed by atoms with Crippen molar-refractivity contribution in [2.45, 2.75) is 37.6 Å². The van der Waals surface area contributed by atoms with E-state index >= 15 is 0 Å². The lowest BCUT2D eigenvalue weighted by Crippen LogP contribution is -2.30. The third-order valence-corrected chi connectivity index (χ3v) is 5.88. The number of benzene rings is 1. The van der Waals surface area contributed by atoms with Gasteiger partial charge in [-0.2, -0.15) is 4.31 Å². The summed E-state index contributed by atoms with van der Waals surface area (Å²) in [5.41, 5.74) is 1.29. The summed E-state index contributed by atoms with van der Waals surface area (Å²) < 4.78 is 32.6. The van der Waals surface area contributed by atoms with E-state index in [-0.39, 0.29) is 16.8 Å². The molecular formula is C16H19N3O4S. The molecule has 0 spiro atoms. The van der Waals surface area contributed by atoms with Crippen molar-refractivity contribution >= 4 is 21.6 Å². The Morgan fingerprint density at radius 1 is 1.33 bits per heavy atom. The number of amides is 1. The lowest BCUT2D eigenvalue weighted by atomic mass is 10.2. The fourth-order valence-corrected chi connectivity index (χ4v) is 4.57. The quantitative estimate of drug-likeness (QED) is 0.915. The van der Waals surface area contributed by atoms with Gasteiger partial charge in [-0.1, -0.05) is 5.16 Å². The number of aryl methyl sites for hydroxylation is 1. The van der Waals surface area contributed by atoms with Gasteiger partial charge >= 0.3 is 0 Å². The minimum absolute atomic E-state index is 0.194. The van der Waals surface area contributed by atoms with E-state index in [2.05, 4.69) is 10.5 Å². The Morgan fingerprint density at radius 3 is 2.62 bits per heavy atom. The highest BCUT2D eigenvalue weighted by atomic mass is 32.2. The second-order valence-electron chi connectivity index (χ2n) is 5.85. The van der Waals surface area contributed by atoms with Crippen LogP contribution in [0.4, 0.5) is 5.69 Å². The number of nitrogens with zero attached hydrogens (tertiary/aromatic N) is 2. The van der Waals surface area contributed by atoms with Crippen molar-refractivity contribution in [2.24, 2.45) is 0 Å². The van der Waals surface area contributed by atoms with Crippen LogP contribution in [0.1, 0.15) is 37.3 Å². The molecule has 0 bridgehead atoms. The van der Waals surface area contributed by atoms with E-state index in [0.717, 1.165) is 12.1 Å². The first-order valence-corrected chi connectivity index (χ1v) is 9.14. The van der Waals surface area contributed by atoms with E-state index < -0.39 is 10.0 Å². The molecule has 1 unspecified atom stereocenters. The molecule has 0 radical (unpaired) electrons. The predicted molar refractivity (Wildman–Crippen MR) is 87.9 cm³/mol. The molecule has 0 saturated carbocycles. The first kappa shape index (κ1) is 16.7. The molecule has 1 saturated heterocycles. The van der Waals surface area contributed by atoms with Gasteiger partial charge in [0.05, 0.1) is 16.6 Å². The summed E-state index contributed by atoms with van der Waals surface area (Å²) in [6, 6.07) is 7.61. The smallest absolute Gasteiger partial charge is 0.243 e. The second kappa shape index (κ2) is 6.37. The highest BCUT2D eigenvalue weighted by molar-refractivity contribution is 7.89. The van der Waals surface area contributed by atoms with E-state index in [1.807, 2.05) is 6.92 Å². The van der Waals surface area contributed by atoms with Gasteiger partial charge in [0.1, 0.15) is 0 Å². The predicted octanol–water partition coefficient (Wildman–Crippen LogP) is 2.47. The molecule has 1 aliphatic rings. The van der Waals surface area contributed by atoms with Crippen LogP contribution >= 0.6 is 0 Å². The van der Waals surface area contributed by atoms with Crippen LogP contribution in [0, 0.1) is 6.92 Å². The van der Waals surface area contributed by atoms with Gasteiger partial charge in [-0.05, 0) is 44.0 Å². The molecule has 1 aromatic heterocycles. The molecule has 1 N–H and O–H groups in total. The number of aromatic nitrogens is 1. The second-order valence-corrected chi connectivity index (χ2v) is 7.74. The first-order valence-electron chi connectivity index (χ1n) is 7.70. The summed E-state index contributed by atoms with van der Waals surface area (Å²) in [6.07, 6.45) is 1.48. The van der Waals surface area contributed by atoms with Crippen LogP contribution in [0.15, 0.2) is 39.8 Å². The zero-order valence-electron chi connectivity index (χ0n) is 13.5. The van der Waals surface area contributed by atoms with Crippen molar-refractivity contribution in [1.29, 1.82) is 0 Å². The van der Waals surface area contributed by atoms with E-state index in [1.165, 1.54) is 23.4 Å². The molecule has 8 heteroatoms.